The molecule has 2 heteroatoms. The molecule has 1 saturated heterocycles. The predicted octanol–water partition coefficient (Wildman–Crippen LogP) is 2.70. The average Bonchev–Trinajstić information content (AvgIpc) is 2.40. The van der Waals surface area contributed by atoms with Crippen molar-refractivity contribution in [1.82, 2.24) is 4.90 Å². The van der Waals surface area contributed by atoms with Crippen LogP contribution in [0.4, 0.5) is 0 Å². The number of likely N-dealkylation sites (tertiary alicyclic amines) is 1. The Morgan fingerprint density at radius 2 is 2.00 bits per heavy atom. The Morgan fingerprint density at radius 1 is 1.28 bits per heavy atom. The number of piperidine rings is 1. The van der Waals surface area contributed by atoms with Crippen molar-refractivity contribution in [2.45, 2.75) is 38.5 Å². The monoisotopic (exact) mass is 246 g/mol. The highest BCUT2D eigenvalue weighted by molar-refractivity contribution is 5.31. The van der Waals surface area contributed by atoms with Gasteiger partial charge in [-0.25, -0.2) is 0 Å². The van der Waals surface area contributed by atoms with E-state index >= 15 is 0 Å². The van der Waals surface area contributed by atoms with E-state index in [9.17, 15) is 0 Å². The molecule has 0 unspecified atom stereocenters. The summed E-state index contributed by atoms with van der Waals surface area (Å²) >= 11 is 0. The summed E-state index contributed by atoms with van der Waals surface area (Å²) in [6.07, 6.45) is 3.65. The van der Waals surface area contributed by atoms with Crippen LogP contribution in [0.15, 0.2) is 24.3 Å². The van der Waals surface area contributed by atoms with E-state index in [4.69, 9.17) is 5.73 Å². The minimum atomic E-state index is 0.219. The highest BCUT2D eigenvalue weighted by Crippen LogP contribution is 2.34. The summed E-state index contributed by atoms with van der Waals surface area (Å²) in [6, 6.07) is 8.91. The van der Waals surface area contributed by atoms with Crippen LogP contribution < -0.4 is 5.73 Å². The molecule has 1 aromatic carbocycles. The fraction of sp³-hybridized carbons (Fsp3) is 0.625. The molecular formula is C16H26N2. The molecule has 2 rings (SSSR count). The third-order valence-corrected chi connectivity index (χ3v) is 4.37. The lowest BCUT2D eigenvalue weighted by atomic mass is 9.72. The normalized spacial score (nSPS) is 19.9. The molecule has 18 heavy (non-hydrogen) atoms. The molecule has 2 nitrogen and oxygen atoms in total. The molecule has 0 radical (unpaired) electrons. The van der Waals surface area contributed by atoms with Crippen LogP contribution in [0.3, 0.4) is 0 Å². The highest BCUT2D eigenvalue weighted by atomic mass is 15.1. The van der Waals surface area contributed by atoms with Gasteiger partial charge in [-0.2, -0.15) is 0 Å². The fourth-order valence-corrected chi connectivity index (χ4v) is 3.11. The molecular weight excluding hydrogens is 220 g/mol. The summed E-state index contributed by atoms with van der Waals surface area (Å²) in [4.78, 5) is 2.57. The number of nitrogens with zero attached hydrogens (tertiary/aromatic N) is 1. The van der Waals surface area contributed by atoms with E-state index in [2.05, 4.69) is 43.0 Å². The third kappa shape index (κ3) is 2.76. The molecule has 1 heterocycles. The van der Waals surface area contributed by atoms with Crippen molar-refractivity contribution >= 4 is 0 Å². The van der Waals surface area contributed by atoms with Gasteiger partial charge >= 0.3 is 0 Å². The van der Waals surface area contributed by atoms with Gasteiger partial charge in [-0.05, 0) is 51.4 Å². The topological polar surface area (TPSA) is 29.3 Å². The van der Waals surface area contributed by atoms with Crippen molar-refractivity contribution < 1.29 is 0 Å². The molecule has 1 aliphatic heterocycles. The molecule has 0 aromatic heterocycles. The average molecular weight is 246 g/mol. The Balaban J connectivity index is 2.13. The van der Waals surface area contributed by atoms with Crippen molar-refractivity contribution in [1.29, 1.82) is 0 Å². The Bertz CT molecular complexity index is 378. The van der Waals surface area contributed by atoms with Crippen molar-refractivity contribution in [3.05, 3.63) is 35.4 Å². The first kappa shape index (κ1) is 13.6. The molecule has 0 atom stereocenters. The second-order valence-electron chi connectivity index (χ2n) is 5.70. The zero-order valence-electron chi connectivity index (χ0n) is 11.8. The predicted molar refractivity (Wildman–Crippen MR) is 77.9 cm³/mol. The maximum Gasteiger partial charge on any atom is 0.00999 e. The van der Waals surface area contributed by atoms with E-state index in [1.165, 1.54) is 50.0 Å². The Morgan fingerprint density at radius 3 is 2.56 bits per heavy atom. The van der Waals surface area contributed by atoms with Crippen LogP contribution in [-0.2, 0) is 5.41 Å². The van der Waals surface area contributed by atoms with E-state index in [-0.39, 0.29) is 5.41 Å². The Kier molecular flexibility index (Phi) is 4.41. The summed E-state index contributed by atoms with van der Waals surface area (Å²) in [5.41, 5.74) is 9.13. The molecule has 0 aliphatic carbocycles. The van der Waals surface area contributed by atoms with Crippen molar-refractivity contribution in [2.24, 2.45) is 5.73 Å². The summed E-state index contributed by atoms with van der Waals surface area (Å²) in [7, 11) is 0. The van der Waals surface area contributed by atoms with Gasteiger partial charge < -0.3 is 10.6 Å². The lowest BCUT2D eigenvalue weighted by Crippen LogP contribution is -2.46. The van der Waals surface area contributed by atoms with Crippen LogP contribution in [0, 0.1) is 6.92 Å². The smallest absolute Gasteiger partial charge is 0.00999 e. The number of nitrogens with two attached hydrogens (primary N) is 1. The second-order valence-corrected chi connectivity index (χ2v) is 5.70. The summed E-state index contributed by atoms with van der Waals surface area (Å²) < 4.78 is 0. The Hall–Kier alpha value is -0.860. The van der Waals surface area contributed by atoms with Gasteiger partial charge in [-0.1, -0.05) is 36.8 Å². The summed E-state index contributed by atoms with van der Waals surface area (Å²) in [6.45, 7) is 8.81. The van der Waals surface area contributed by atoms with Crippen LogP contribution in [0.1, 0.15) is 37.3 Å². The molecule has 0 saturated carbocycles. The number of aryl methyl sites for hydroxylation is 1. The molecule has 2 N–H and O–H groups in total. The highest BCUT2D eigenvalue weighted by Gasteiger charge is 2.34. The van der Waals surface area contributed by atoms with Crippen LogP contribution in [-0.4, -0.2) is 31.1 Å². The largest absolute Gasteiger partial charge is 0.330 e. The van der Waals surface area contributed by atoms with E-state index in [1.807, 2.05) is 0 Å². The van der Waals surface area contributed by atoms with E-state index < -0.39 is 0 Å². The standard InChI is InChI=1S/C16H26N2/c1-3-9-18-10-7-16(13-17,8-11-18)15-6-4-5-14(2)12-15/h4-6,12H,3,7-11,13,17H2,1-2H3. The molecule has 1 aromatic rings. The van der Waals surface area contributed by atoms with Gasteiger partial charge in [-0.3, -0.25) is 0 Å². The van der Waals surface area contributed by atoms with E-state index in [1.54, 1.807) is 0 Å². The SMILES string of the molecule is CCCN1CCC(CN)(c2cccc(C)c2)CC1. The first-order valence-corrected chi connectivity index (χ1v) is 7.20. The molecule has 1 fully saturated rings. The van der Waals surface area contributed by atoms with Crippen molar-refractivity contribution in [3.8, 4) is 0 Å². The van der Waals surface area contributed by atoms with Gasteiger partial charge in [0.25, 0.3) is 0 Å². The molecule has 1 aliphatic rings. The van der Waals surface area contributed by atoms with Gasteiger partial charge in [0, 0.05) is 12.0 Å². The third-order valence-electron chi connectivity index (χ3n) is 4.37. The zero-order chi connectivity index (χ0) is 13.0. The minimum Gasteiger partial charge on any atom is -0.330 e. The first-order chi connectivity index (χ1) is 8.70. The van der Waals surface area contributed by atoms with E-state index in [0.717, 1.165) is 6.54 Å². The molecule has 0 bridgehead atoms. The van der Waals surface area contributed by atoms with Gasteiger partial charge in [0.1, 0.15) is 0 Å². The number of hydrogen-bond acceptors (Lipinski definition) is 2. The zero-order valence-corrected chi connectivity index (χ0v) is 11.8. The van der Waals surface area contributed by atoms with Crippen LogP contribution >= 0.6 is 0 Å². The van der Waals surface area contributed by atoms with Crippen molar-refractivity contribution in [2.75, 3.05) is 26.2 Å². The maximum absolute atomic E-state index is 6.12. The molecule has 0 amide bonds. The maximum atomic E-state index is 6.12. The lowest BCUT2D eigenvalue weighted by molar-refractivity contribution is 0.162. The van der Waals surface area contributed by atoms with Crippen LogP contribution in [0.25, 0.3) is 0 Å². The number of benzene rings is 1. The van der Waals surface area contributed by atoms with Crippen LogP contribution in [0.5, 0.6) is 0 Å². The molecule has 100 valence electrons. The van der Waals surface area contributed by atoms with Gasteiger partial charge in [0.2, 0.25) is 0 Å². The van der Waals surface area contributed by atoms with E-state index in [0.29, 0.717) is 0 Å². The van der Waals surface area contributed by atoms with Gasteiger partial charge in [0.15, 0.2) is 0 Å². The summed E-state index contributed by atoms with van der Waals surface area (Å²) in [5.74, 6) is 0. The van der Waals surface area contributed by atoms with Crippen LogP contribution in [0.2, 0.25) is 0 Å². The van der Waals surface area contributed by atoms with Gasteiger partial charge in [-0.15, -0.1) is 0 Å². The number of hydrogen-bond donors (Lipinski definition) is 1. The minimum absolute atomic E-state index is 0.219. The second kappa shape index (κ2) is 5.85. The van der Waals surface area contributed by atoms with Gasteiger partial charge in [0.05, 0.1) is 0 Å². The Labute approximate surface area is 111 Å². The van der Waals surface area contributed by atoms with Crippen molar-refractivity contribution in [3.63, 3.8) is 0 Å². The fourth-order valence-electron chi connectivity index (χ4n) is 3.11. The molecule has 0 spiro atoms. The quantitative estimate of drug-likeness (QED) is 0.885. The first-order valence-electron chi connectivity index (χ1n) is 7.20. The summed E-state index contributed by atoms with van der Waals surface area (Å²) in [5, 5.41) is 0. The lowest BCUT2D eigenvalue weighted by Gasteiger charge is -2.41. The number of rotatable bonds is 4.